The Morgan fingerprint density at radius 1 is 1.42 bits per heavy atom. The van der Waals surface area contributed by atoms with E-state index >= 15 is 0 Å². The highest BCUT2D eigenvalue weighted by Crippen LogP contribution is 2.24. The Kier molecular flexibility index (Phi) is 5.97. The predicted octanol–water partition coefficient (Wildman–Crippen LogP) is 1.97. The van der Waals surface area contributed by atoms with E-state index in [4.69, 9.17) is 9.15 Å². The van der Waals surface area contributed by atoms with Crippen LogP contribution in [0.3, 0.4) is 0 Å². The number of aromatic nitrogens is 3. The average Bonchev–Trinajstić information content (AvgIpc) is 3.30. The summed E-state index contributed by atoms with van der Waals surface area (Å²) < 4.78 is 12.2. The van der Waals surface area contributed by atoms with Crippen molar-refractivity contribution in [2.24, 2.45) is 13.0 Å². The summed E-state index contributed by atoms with van der Waals surface area (Å²) >= 11 is 1.33. The molecule has 1 atom stereocenters. The molecule has 8 nitrogen and oxygen atoms in total. The number of rotatable bonds is 6. The summed E-state index contributed by atoms with van der Waals surface area (Å²) in [5, 5.41) is 8.89. The number of hydrogen-bond donors (Lipinski definition) is 0. The number of nitrogens with zero attached hydrogens (tertiary/aromatic N) is 4. The standard InChI is InChI=1S/C17H22N4O4S/c1-3-24-16(23)12-6-4-8-21(10-12)14(22)11-26-17-19-18-15(20(17)2)13-7-5-9-25-13/h5,7,9,12H,3-4,6,8,10-11H2,1-2H3/t12-/m0/s1. The fraction of sp³-hybridized carbons (Fsp3) is 0.529. The monoisotopic (exact) mass is 378 g/mol. The molecule has 3 heterocycles. The summed E-state index contributed by atoms with van der Waals surface area (Å²) in [7, 11) is 1.84. The maximum absolute atomic E-state index is 12.5. The molecule has 1 amide bonds. The molecule has 0 saturated carbocycles. The third-order valence-corrected chi connectivity index (χ3v) is 5.30. The molecule has 0 spiro atoms. The Hall–Kier alpha value is -2.29. The van der Waals surface area contributed by atoms with E-state index in [1.807, 2.05) is 13.1 Å². The Labute approximate surface area is 155 Å². The first-order chi connectivity index (χ1) is 12.6. The van der Waals surface area contributed by atoms with Gasteiger partial charge in [0.1, 0.15) is 0 Å². The van der Waals surface area contributed by atoms with Gasteiger partial charge < -0.3 is 18.6 Å². The second-order valence-corrected chi connectivity index (χ2v) is 7.00. The molecule has 0 aliphatic carbocycles. The number of thioether (sulfide) groups is 1. The maximum Gasteiger partial charge on any atom is 0.310 e. The zero-order chi connectivity index (χ0) is 18.5. The number of carbonyl (C=O) groups is 2. The van der Waals surface area contributed by atoms with Crippen molar-refractivity contribution in [2.45, 2.75) is 24.9 Å². The fourth-order valence-electron chi connectivity index (χ4n) is 2.93. The van der Waals surface area contributed by atoms with Gasteiger partial charge in [-0.15, -0.1) is 10.2 Å². The van der Waals surface area contributed by atoms with Crippen LogP contribution in [-0.2, 0) is 21.4 Å². The zero-order valence-corrected chi connectivity index (χ0v) is 15.7. The zero-order valence-electron chi connectivity index (χ0n) is 14.9. The van der Waals surface area contributed by atoms with E-state index in [1.54, 1.807) is 28.7 Å². The average molecular weight is 378 g/mol. The number of ether oxygens (including phenoxy) is 1. The van der Waals surface area contributed by atoms with E-state index in [0.29, 0.717) is 36.4 Å². The summed E-state index contributed by atoms with van der Waals surface area (Å²) in [5.74, 6) is 1.05. The van der Waals surface area contributed by atoms with Crippen molar-refractivity contribution in [3.8, 4) is 11.6 Å². The first-order valence-electron chi connectivity index (χ1n) is 8.60. The second kappa shape index (κ2) is 8.39. The van der Waals surface area contributed by atoms with Crippen molar-refractivity contribution in [1.82, 2.24) is 19.7 Å². The van der Waals surface area contributed by atoms with Gasteiger partial charge in [-0.1, -0.05) is 11.8 Å². The number of furan rings is 1. The molecule has 9 heteroatoms. The topological polar surface area (TPSA) is 90.5 Å². The van der Waals surface area contributed by atoms with Gasteiger partial charge in [-0.05, 0) is 31.9 Å². The number of piperidine rings is 1. The summed E-state index contributed by atoms with van der Waals surface area (Å²) in [5.41, 5.74) is 0. The third kappa shape index (κ3) is 4.09. The number of amides is 1. The van der Waals surface area contributed by atoms with Gasteiger partial charge in [0.25, 0.3) is 0 Å². The van der Waals surface area contributed by atoms with Crippen LogP contribution in [0.5, 0.6) is 0 Å². The van der Waals surface area contributed by atoms with Crippen molar-refractivity contribution in [1.29, 1.82) is 0 Å². The number of esters is 1. The molecule has 0 radical (unpaired) electrons. The van der Waals surface area contributed by atoms with Gasteiger partial charge >= 0.3 is 5.97 Å². The lowest BCUT2D eigenvalue weighted by atomic mass is 9.98. The van der Waals surface area contributed by atoms with Crippen LogP contribution in [0, 0.1) is 5.92 Å². The Bertz CT molecular complexity index is 759. The molecule has 0 aromatic carbocycles. The predicted molar refractivity (Wildman–Crippen MR) is 95.4 cm³/mol. The smallest absolute Gasteiger partial charge is 0.310 e. The second-order valence-electron chi connectivity index (χ2n) is 6.06. The van der Waals surface area contributed by atoms with E-state index in [1.165, 1.54) is 11.8 Å². The molecular formula is C17H22N4O4S. The lowest BCUT2D eigenvalue weighted by Crippen LogP contribution is -2.43. The van der Waals surface area contributed by atoms with Gasteiger partial charge in [0.2, 0.25) is 5.91 Å². The van der Waals surface area contributed by atoms with Crippen LogP contribution in [0.15, 0.2) is 28.0 Å². The van der Waals surface area contributed by atoms with E-state index in [0.717, 1.165) is 12.8 Å². The Morgan fingerprint density at radius 3 is 3.00 bits per heavy atom. The highest BCUT2D eigenvalue weighted by molar-refractivity contribution is 7.99. The number of likely N-dealkylation sites (tertiary alicyclic amines) is 1. The molecule has 1 fully saturated rings. The molecule has 1 aliphatic heterocycles. The van der Waals surface area contributed by atoms with E-state index in [-0.39, 0.29) is 23.5 Å². The van der Waals surface area contributed by atoms with Crippen LogP contribution in [0.2, 0.25) is 0 Å². The van der Waals surface area contributed by atoms with Crippen LogP contribution in [0.4, 0.5) is 0 Å². The van der Waals surface area contributed by atoms with E-state index in [2.05, 4.69) is 10.2 Å². The van der Waals surface area contributed by atoms with Gasteiger partial charge in [0, 0.05) is 20.1 Å². The lowest BCUT2D eigenvalue weighted by Gasteiger charge is -2.31. The minimum absolute atomic E-state index is 0.00783. The molecule has 2 aromatic heterocycles. The number of carbonyl (C=O) groups excluding carboxylic acids is 2. The van der Waals surface area contributed by atoms with Crippen molar-refractivity contribution in [3.63, 3.8) is 0 Å². The summed E-state index contributed by atoms with van der Waals surface area (Å²) in [6, 6.07) is 3.60. The molecule has 140 valence electrons. The Morgan fingerprint density at radius 2 is 2.27 bits per heavy atom. The lowest BCUT2D eigenvalue weighted by molar-refractivity contribution is -0.151. The maximum atomic E-state index is 12.5. The molecule has 0 unspecified atom stereocenters. The molecule has 26 heavy (non-hydrogen) atoms. The van der Waals surface area contributed by atoms with E-state index in [9.17, 15) is 9.59 Å². The minimum Gasteiger partial charge on any atom is -0.466 e. The van der Waals surface area contributed by atoms with Crippen molar-refractivity contribution >= 4 is 23.6 Å². The first-order valence-corrected chi connectivity index (χ1v) is 9.59. The Balaban J connectivity index is 1.56. The van der Waals surface area contributed by atoms with Gasteiger partial charge in [-0.3, -0.25) is 9.59 Å². The first kappa shape index (κ1) is 18.5. The minimum atomic E-state index is -0.224. The molecule has 1 aliphatic rings. The highest BCUT2D eigenvalue weighted by atomic mass is 32.2. The fourth-order valence-corrected chi connectivity index (χ4v) is 3.75. The van der Waals surface area contributed by atoms with Gasteiger partial charge in [0.15, 0.2) is 16.7 Å². The molecular weight excluding hydrogens is 356 g/mol. The van der Waals surface area contributed by atoms with Crippen molar-refractivity contribution < 1.29 is 18.7 Å². The normalized spacial score (nSPS) is 17.3. The largest absolute Gasteiger partial charge is 0.466 e. The SMILES string of the molecule is CCOC(=O)[C@H]1CCCN(C(=O)CSc2nnc(-c3ccco3)n2C)C1. The van der Waals surface area contributed by atoms with Crippen LogP contribution >= 0.6 is 11.8 Å². The van der Waals surface area contributed by atoms with E-state index < -0.39 is 0 Å². The van der Waals surface area contributed by atoms with Gasteiger partial charge in [-0.25, -0.2) is 0 Å². The molecule has 1 saturated heterocycles. The van der Waals surface area contributed by atoms with Crippen LogP contribution in [0.25, 0.3) is 11.6 Å². The van der Waals surface area contributed by atoms with Crippen molar-refractivity contribution in [2.75, 3.05) is 25.4 Å². The van der Waals surface area contributed by atoms with Crippen molar-refractivity contribution in [3.05, 3.63) is 18.4 Å². The van der Waals surface area contributed by atoms with Gasteiger partial charge in [0.05, 0.1) is 24.5 Å². The quantitative estimate of drug-likeness (QED) is 0.561. The van der Waals surface area contributed by atoms with Crippen LogP contribution in [-0.4, -0.2) is 57.0 Å². The van der Waals surface area contributed by atoms with Gasteiger partial charge in [-0.2, -0.15) is 0 Å². The number of hydrogen-bond acceptors (Lipinski definition) is 7. The molecule has 0 bridgehead atoms. The molecule has 2 aromatic rings. The third-order valence-electron chi connectivity index (χ3n) is 4.30. The summed E-state index contributed by atoms with van der Waals surface area (Å²) in [6.45, 7) is 3.25. The molecule has 0 N–H and O–H groups in total. The van der Waals surface area contributed by atoms with Crippen LogP contribution < -0.4 is 0 Å². The molecule has 3 rings (SSSR count). The summed E-state index contributed by atoms with van der Waals surface area (Å²) in [6.07, 6.45) is 3.16. The summed E-state index contributed by atoms with van der Waals surface area (Å²) in [4.78, 5) is 26.2. The van der Waals surface area contributed by atoms with Crippen LogP contribution in [0.1, 0.15) is 19.8 Å². The highest BCUT2D eigenvalue weighted by Gasteiger charge is 2.29.